The minimum absolute atomic E-state index is 0.143. The third kappa shape index (κ3) is 8.38. The molecule has 0 saturated heterocycles. The van der Waals surface area contributed by atoms with Gasteiger partial charge in [-0.2, -0.15) is 0 Å². The molecule has 4 aromatic carbocycles. The molecule has 0 N–H and O–H groups in total. The molecule has 0 aliphatic heterocycles. The number of ether oxygens (including phenoxy) is 1. The number of carbonyl (C=O) groups excluding carboxylic acids is 2. The lowest BCUT2D eigenvalue weighted by molar-refractivity contribution is -0.160. The molecule has 0 bridgehead atoms. The highest BCUT2D eigenvalue weighted by Crippen LogP contribution is 2.34. The zero-order valence-corrected chi connectivity index (χ0v) is 34.6. The van der Waals surface area contributed by atoms with Gasteiger partial charge in [-0.1, -0.05) is 38.1 Å². The van der Waals surface area contributed by atoms with E-state index in [2.05, 4.69) is 0 Å². The second kappa shape index (κ2) is 16.2. The van der Waals surface area contributed by atoms with Gasteiger partial charge in [0.2, 0.25) is 0 Å². The number of esters is 2. The Morgan fingerprint density at radius 1 is 0.672 bits per heavy atom. The van der Waals surface area contributed by atoms with Gasteiger partial charge in [0.05, 0.1) is 20.8 Å². The molecule has 304 valence electrons. The summed E-state index contributed by atoms with van der Waals surface area (Å²) >= 11 is 0. The third-order valence-electron chi connectivity index (χ3n) is 11.4. The molecule has 1 aliphatic carbocycles. The van der Waals surface area contributed by atoms with Crippen LogP contribution >= 0.6 is 0 Å². The first-order valence-corrected chi connectivity index (χ1v) is 22.7. The fraction of sp³-hybridized carbons (Fsp3) is 0.333. The highest BCUT2D eigenvalue weighted by atomic mass is 32.2. The summed E-state index contributed by atoms with van der Waals surface area (Å²) in [5, 5.41) is 0.690. The summed E-state index contributed by atoms with van der Waals surface area (Å²) in [6.45, 7) is 6.64. The molecule has 0 radical (unpaired) electrons. The van der Waals surface area contributed by atoms with Gasteiger partial charge in [-0.25, -0.2) is 35.2 Å². The van der Waals surface area contributed by atoms with Gasteiger partial charge >= 0.3 is 11.9 Å². The maximum atomic E-state index is 14.6. The number of hydrogen-bond acceptors (Lipinski definition) is 7. The van der Waals surface area contributed by atoms with Gasteiger partial charge < -0.3 is 13.9 Å². The van der Waals surface area contributed by atoms with Crippen LogP contribution in [0.15, 0.2) is 94.7 Å². The Labute approximate surface area is 337 Å². The van der Waals surface area contributed by atoms with E-state index in [1.807, 2.05) is 13.8 Å². The molecule has 0 atom stereocenters. The van der Waals surface area contributed by atoms with Gasteiger partial charge in [0.25, 0.3) is 0 Å². The first kappa shape index (κ1) is 41.0. The lowest BCUT2D eigenvalue weighted by Gasteiger charge is -2.14. The minimum atomic E-state index is -3.48. The number of sulfone groups is 2. The summed E-state index contributed by atoms with van der Waals surface area (Å²) in [5.41, 5.74) is 5.56. The van der Waals surface area contributed by atoms with Crippen LogP contribution < -0.4 is 0 Å². The zero-order chi connectivity index (χ0) is 41.5. The van der Waals surface area contributed by atoms with E-state index in [0.717, 1.165) is 35.1 Å². The van der Waals surface area contributed by atoms with Crippen LogP contribution in [0.1, 0.15) is 73.2 Å². The van der Waals surface area contributed by atoms with Gasteiger partial charge in [0.1, 0.15) is 24.7 Å². The molecule has 9 nitrogen and oxygen atoms in total. The van der Waals surface area contributed by atoms with Crippen LogP contribution in [-0.4, -0.2) is 48.9 Å². The summed E-state index contributed by atoms with van der Waals surface area (Å²) in [5.74, 6) is -2.20. The minimum Gasteiger partial charge on any atom is -0.390 e. The first-order chi connectivity index (χ1) is 27.6. The molecule has 1 fully saturated rings. The van der Waals surface area contributed by atoms with Crippen LogP contribution in [0.4, 0.5) is 8.78 Å². The van der Waals surface area contributed by atoms with Crippen LogP contribution in [0.3, 0.4) is 0 Å². The Morgan fingerprint density at radius 3 is 1.52 bits per heavy atom. The number of hydrogen-bond donors (Lipinski definition) is 0. The molecule has 0 unspecified atom stereocenters. The van der Waals surface area contributed by atoms with Crippen LogP contribution in [0.5, 0.6) is 0 Å². The molecule has 7 rings (SSSR count). The predicted molar refractivity (Wildman–Crippen MR) is 219 cm³/mol. The van der Waals surface area contributed by atoms with Crippen LogP contribution in [0, 0.1) is 31.4 Å². The standard InChI is InChI=1S/C45H46F2N2O7S2/c1-5-35(6-2)58(54,55)37-17-11-31(12-18-37)22-39-29(4)49(43-20-14-34(47)24-41(39)43)26-45(51)56-44(50)25-48-28(3)38(40-23-33(46)13-19-42(40)48)21-30-9-15-36(16-10-30)57(52,53)27-32-7-8-32/h9-20,23-24,32,35H,5-8,21-22,25-27H2,1-4H3. The van der Waals surface area contributed by atoms with Crippen LogP contribution in [0.2, 0.25) is 0 Å². The van der Waals surface area contributed by atoms with E-state index in [9.17, 15) is 35.2 Å². The fourth-order valence-electron chi connectivity index (χ4n) is 7.98. The van der Waals surface area contributed by atoms with Crippen molar-refractivity contribution in [1.82, 2.24) is 9.13 Å². The van der Waals surface area contributed by atoms with E-state index < -0.39 is 48.5 Å². The van der Waals surface area contributed by atoms with Gasteiger partial charge in [-0.05, 0) is 141 Å². The third-order valence-corrected chi connectivity index (χ3v) is 15.8. The van der Waals surface area contributed by atoms with E-state index in [1.165, 1.54) is 24.3 Å². The normalized spacial score (nSPS) is 13.5. The highest BCUT2D eigenvalue weighted by Gasteiger charge is 2.29. The van der Waals surface area contributed by atoms with Gasteiger partial charge in [-0.15, -0.1) is 0 Å². The molecule has 58 heavy (non-hydrogen) atoms. The van der Waals surface area contributed by atoms with E-state index >= 15 is 0 Å². The number of halogens is 2. The quantitative estimate of drug-likeness (QED) is 0.0751. The maximum Gasteiger partial charge on any atom is 0.333 e. The highest BCUT2D eigenvalue weighted by molar-refractivity contribution is 7.92. The van der Waals surface area contributed by atoms with Gasteiger partial charge in [0.15, 0.2) is 19.7 Å². The average molecular weight is 829 g/mol. The Bertz CT molecular complexity index is 2760. The van der Waals surface area contributed by atoms with Crippen molar-refractivity contribution in [2.24, 2.45) is 5.92 Å². The van der Waals surface area contributed by atoms with Crippen LogP contribution in [0.25, 0.3) is 21.8 Å². The van der Waals surface area contributed by atoms with Crippen LogP contribution in [-0.2, 0) is 59.9 Å². The number of nitrogens with zero attached hydrogens (tertiary/aromatic N) is 2. The molecular formula is C45H46F2N2O7S2. The van der Waals surface area contributed by atoms with Gasteiger partial charge in [-0.3, -0.25) is 0 Å². The van der Waals surface area contributed by atoms with E-state index in [-0.39, 0.29) is 34.6 Å². The second-order valence-corrected chi connectivity index (χ2v) is 19.6. The van der Waals surface area contributed by atoms with Crippen molar-refractivity contribution in [3.8, 4) is 0 Å². The number of benzene rings is 4. The second-order valence-electron chi connectivity index (χ2n) is 15.3. The molecular weight excluding hydrogens is 783 g/mol. The average Bonchev–Trinajstić information content (AvgIpc) is 3.92. The Balaban J connectivity index is 1.08. The lowest BCUT2D eigenvalue weighted by atomic mass is 10.0. The Kier molecular flexibility index (Phi) is 11.5. The monoisotopic (exact) mass is 828 g/mol. The summed E-state index contributed by atoms with van der Waals surface area (Å²) in [4.78, 5) is 27.3. The number of aromatic nitrogens is 2. The molecule has 6 aromatic rings. The van der Waals surface area contributed by atoms with Crippen molar-refractivity contribution in [3.63, 3.8) is 0 Å². The summed E-state index contributed by atoms with van der Waals surface area (Å²) in [6, 6.07) is 21.9. The molecule has 2 aromatic heterocycles. The van der Waals surface area contributed by atoms with Crippen molar-refractivity contribution < 1.29 is 39.9 Å². The summed E-state index contributed by atoms with van der Waals surface area (Å²) in [7, 11) is -6.86. The first-order valence-electron chi connectivity index (χ1n) is 19.5. The van der Waals surface area contributed by atoms with Crippen molar-refractivity contribution in [1.29, 1.82) is 0 Å². The molecule has 13 heteroatoms. The number of carbonyl (C=O) groups is 2. The van der Waals surface area contributed by atoms with E-state index in [0.29, 0.717) is 58.9 Å². The fourth-order valence-corrected chi connectivity index (χ4v) is 11.5. The molecule has 1 aliphatic rings. The SMILES string of the molecule is CCC(CC)S(=O)(=O)c1ccc(Cc2c(C)n(CC(=O)OC(=O)Cn3c(C)c(Cc4ccc(S(=O)(=O)CC5CC5)cc4)c4cc(F)ccc43)c3ccc(F)cc23)cc1. The molecule has 1 saturated carbocycles. The summed E-state index contributed by atoms with van der Waals surface area (Å²) < 4.78 is 89.6. The van der Waals surface area contributed by atoms with Crippen molar-refractivity contribution in [2.75, 3.05) is 5.75 Å². The topological polar surface area (TPSA) is 122 Å². The summed E-state index contributed by atoms with van der Waals surface area (Å²) in [6.07, 6.45) is 3.57. The molecule has 2 heterocycles. The smallest absolute Gasteiger partial charge is 0.333 e. The van der Waals surface area contributed by atoms with Crippen molar-refractivity contribution in [3.05, 3.63) is 130 Å². The Morgan fingerprint density at radius 2 is 1.10 bits per heavy atom. The van der Waals surface area contributed by atoms with Crippen molar-refractivity contribution in [2.45, 2.75) is 94.4 Å². The zero-order valence-electron chi connectivity index (χ0n) is 32.9. The van der Waals surface area contributed by atoms with Gasteiger partial charge in [0, 0.05) is 33.2 Å². The maximum absolute atomic E-state index is 14.6. The van der Waals surface area contributed by atoms with E-state index in [4.69, 9.17) is 4.74 Å². The Hall–Kier alpha value is -5.14. The predicted octanol–water partition coefficient (Wildman–Crippen LogP) is 8.59. The number of fused-ring (bicyclic) bond motifs is 2. The van der Waals surface area contributed by atoms with E-state index in [1.54, 1.807) is 83.6 Å². The lowest BCUT2D eigenvalue weighted by Crippen LogP contribution is -2.22. The van der Waals surface area contributed by atoms with Crippen molar-refractivity contribution >= 4 is 53.4 Å². The molecule has 0 amide bonds. The molecule has 0 spiro atoms. The number of rotatable bonds is 15. The largest absolute Gasteiger partial charge is 0.390 e.